The number of para-hydroxylation sites is 2. The molecule has 1 aliphatic carbocycles. The molecule has 0 fully saturated rings. The molecule has 5 nitrogen and oxygen atoms in total. The van der Waals surface area contributed by atoms with E-state index in [2.05, 4.69) is 5.32 Å². The van der Waals surface area contributed by atoms with Crippen molar-refractivity contribution in [2.45, 2.75) is 30.8 Å². The predicted molar refractivity (Wildman–Crippen MR) is 103 cm³/mol. The second-order valence-corrected chi connectivity index (χ2v) is 7.47. The first-order valence-electron chi connectivity index (χ1n) is 9.58. The first kappa shape index (κ1) is 17.1. The molecule has 2 heterocycles. The van der Waals surface area contributed by atoms with Crippen LogP contribution in [0.4, 0.5) is 0 Å². The first-order valence-corrected chi connectivity index (χ1v) is 9.58. The van der Waals surface area contributed by atoms with Crippen molar-refractivity contribution in [3.8, 4) is 11.5 Å². The van der Waals surface area contributed by atoms with E-state index in [1.54, 1.807) is 12.3 Å². The Kier molecular flexibility index (Phi) is 3.98. The van der Waals surface area contributed by atoms with E-state index in [0.717, 1.165) is 35.3 Å². The van der Waals surface area contributed by atoms with E-state index in [1.165, 1.54) is 0 Å². The Labute approximate surface area is 163 Å². The standard InChI is InChI=1S/C23H21NO4/c25-22(24-14-23(26)12-5-10-20-17(23)11-13-27-20)21-15-6-1-3-8-18(15)28-19-9-4-2-7-16(19)21/h1-4,6-9,11,13,21,26H,5,10,12,14H2,(H,24,25). The fourth-order valence-corrected chi connectivity index (χ4v) is 4.34. The van der Waals surface area contributed by atoms with E-state index in [0.29, 0.717) is 17.9 Å². The summed E-state index contributed by atoms with van der Waals surface area (Å²) in [7, 11) is 0. The molecule has 2 aromatic carbocycles. The van der Waals surface area contributed by atoms with Gasteiger partial charge in [0.2, 0.25) is 5.91 Å². The van der Waals surface area contributed by atoms with Crippen molar-refractivity contribution in [3.63, 3.8) is 0 Å². The van der Waals surface area contributed by atoms with Gasteiger partial charge in [-0.1, -0.05) is 36.4 Å². The molecule has 2 N–H and O–H groups in total. The number of carbonyl (C=O) groups is 1. The Morgan fingerprint density at radius 1 is 1.07 bits per heavy atom. The van der Waals surface area contributed by atoms with Gasteiger partial charge in [-0.15, -0.1) is 0 Å². The van der Waals surface area contributed by atoms with E-state index < -0.39 is 11.5 Å². The van der Waals surface area contributed by atoms with Crippen LogP contribution < -0.4 is 10.1 Å². The van der Waals surface area contributed by atoms with Crippen LogP contribution >= 0.6 is 0 Å². The summed E-state index contributed by atoms with van der Waals surface area (Å²) in [6, 6.07) is 17.0. The average molecular weight is 375 g/mol. The lowest BCUT2D eigenvalue weighted by atomic mass is 9.82. The molecule has 0 saturated carbocycles. The van der Waals surface area contributed by atoms with Crippen LogP contribution in [-0.4, -0.2) is 17.6 Å². The van der Waals surface area contributed by atoms with Gasteiger partial charge in [0.25, 0.3) is 0 Å². The molecule has 1 atom stereocenters. The molecule has 0 saturated heterocycles. The SMILES string of the molecule is O=C(NCC1(O)CCCc2occc21)C1c2ccccc2Oc2ccccc21. The third-order valence-corrected chi connectivity index (χ3v) is 5.74. The van der Waals surface area contributed by atoms with Crippen molar-refractivity contribution in [2.75, 3.05) is 6.54 Å². The van der Waals surface area contributed by atoms with Crippen molar-refractivity contribution in [3.05, 3.63) is 83.3 Å². The largest absolute Gasteiger partial charge is 0.469 e. The summed E-state index contributed by atoms with van der Waals surface area (Å²) in [4.78, 5) is 13.3. The summed E-state index contributed by atoms with van der Waals surface area (Å²) < 4.78 is 11.4. The quantitative estimate of drug-likeness (QED) is 0.729. The molecule has 0 radical (unpaired) electrons. The second kappa shape index (κ2) is 6.53. The Morgan fingerprint density at radius 3 is 2.46 bits per heavy atom. The van der Waals surface area contributed by atoms with Crippen LogP contribution in [0.3, 0.4) is 0 Å². The van der Waals surface area contributed by atoms with Crippen molar-refractivity contribution in [2.24, 2.45) is 0 Å². The minimum Gasteiger partial charge on any atom is -0.469 e. The fourth-order valence-electron chi connectivity index (χ4n) is 4.34. The zero-order valence-corrected chi connectivity index (χ0v) is 15.4. The third-order valence-electron chi connectivity index (χ3n) is 5.74. The monoisotopic (exact) mass is 375 g/mol. The highest BCUT2D eigenvalue weighted by Crippen LogP contribution is 2.44. The number of hydrogen-bond acceptors (Lipinski definition) is 4. The summed E-state index contributed by atoms with van der Waals surface area (Å²) in [5.41, 5.74) is 1.35. The lowest BCUT2D eigenvalue weighted by Gasteiger charge is -2.33. The number of rotatable bonds is 3. The molecule has 1 unspecified atom stereocenters. The summed E-state index contributed by atoms with van der Waals surface area (Å²) in [6.07, 6.45) is 3.85. The number of carbonyl (C=O) groups excluding carboxylic acids is 1. The van der Waals surface area contributed by atoms with E-state index >= 15 is 0 Å². The lowest BCUT2D eigenvalue weighted by Crippen LogP contribution is -2.44. The van der Waals surface area contributed by atoms with Crippen LogP contribution in [0.1, 0.15) is 41.2 Å². The van der Waals surface area contributed by atoms with Crippen LogP contribution in [0, 0.1) is 0 Å². The van der Waals surface area contributed by atoms with Crippen LogP contribution in [0.2, 0.25) is 0 Å². The molecular formula is C23H21NO4. The number of amides is 1. The van der Waals surface area contributed by atoms with Crippen LogP contribution in [0.25, 0.3) is 0 Å². The highest BCUT2D eigenvalue weighted by molar-refractivity contribution is 5.89. The highest BCUT2D eigenvalue weighted by Gasteiger charge is 2.38. The minimum atomic E-state index is -1.10. The maximum atomic E-state index is 13.3. The van der Waals surface area contributed by atoms with Gasteiger partial charge in [-0.05, 0) is 31.0 Å². The second-order valence-electron chi connectivity index (χ2n) is 7.47. The number of furan rings is 1. The highest BCUT2D eigenvalue weighted by atomic mass is 16.5. The van der Waals surface area contributed by atoms with Gasteiger partial charge in [-0.3, -0.25) is 4.79 Å². The normalized spacial score (nSPS) is 20.5. The van der Waals surface area contributed by atoms with Gasteiger partial charge in [0.15, 0.2) is 0 Å². The molecular weight excluding hydrogens is 354 g/mol. The molecule has 1 aromatic heterocycles. The minimum absolute atomic E-state index is 0.146. The van der Waals surface area contributed by atoms with Gasteiger partial charge in [0.05, 0.1) is 18.7 Å². The predicted octanol–water partition coefficient (Wildman–Crippen LogP) is 3.86. The summed E-state index contributed by atoms with van der Waals surface area (Å²) in [6.45, 7) is 0.153. The number of ether oxygens (including phenoxy) is 1. The van der Waals surface area contributed by atoms with Crippen LogP contribution in [0.5, 0.6) is 11.5 Å². The molecule has 5 heteroatoms. The van der Waals surface area contributed by atoms with Gasteiger partial charge in [0.1, 0.15) is 22.9 Å². The summed E-state index contributed by atoms with van der Waals surface area (Å²) >= 11 is 0. The lowest BCUT2D eigenvalue weighted by molar-refractivity contribution is -0.123. The maximum absolute atomic E-state index is 13.3. The molecule has 0 bridgehead atoms. The molecule has 0 spiro atoms. The summed E-state index contributed by atoms with van der Waals surface area (Å²) in [5, 5.41) is 14.1. The Morgan fingerprint density at radius 2 is 1.75 bits per heavy atom. The number of benzene rings is 2. The smallest absolute Gasteiger partial charge is 0.232 e. The Bertz CT molecular complexity index is 995. The molecule has 28 heavy (non-hydrogen) atoms. The maximum Gasteiger partial charge on any atom is 0.232 e. The van der Waals surface area contributed by atoms with Crippen molar-refractivity contribution in [1.82, 2.24) is 5.32 Å². The Hall–Kier alpha value is -3.05. The number of nitrogens with one attached hydrogen (secondary N) is 1. The van der Waals surface area contributed by atoms with Crippen molar-refractivity contribution in [1.29, 1.82) is 0 Å². The van der Waals surface area contributed by atoms with E-state index in [4.69, 9.17) is 9.15 Å². The van der Waals surface area contributed by atoms with Crippen LogP contribution in [0.15, 0.2) is 65.3 Å². The number of fused-ring (bicyclic) bond motifs is 3. The molecule has 3 aromatic rings. The van der Waals surface area contributed by atoms with Gasteiger partial charge < -0.3 is 19.6 Å². The molecule has 2 aliphatic rings. The molecule has 1 aliphatic heterocycles. The van der Waals surface area contributed by atoms with Gasteiger partial charge in [-0.25, -0.2) is 0 Å². The van der Waals surface area contributed by atoms with Gasteiger partial charge >= 0.3 is 0 Å². The van der Waals surface area contributed by atoms with E-state index in [9.17, 15) is 9.90 Å². The third kappa shape index (κ3) is 2.70. The summed E-state index contributed by atoms with van der Waals surface area (Å²) in [5.74, 6) is 1.57. The zero-order valence-electron chi connectivity index (χ0n) is 15.4. The Balaban J connectivity index is 1.44. The van der Waals surface area contributed by atoms with Gasteiger partial charge in [-0.2, -0.15) is 0 Å². The topological polar surface area (TPSA) is 71.7 Å². The van der Waals surface area contributed by atoms with Crippen molar-refractivity contribution < 1.29 is 19.1 Å². The fraction of sp³-hybridized carbons (Fsp3) is 0.261. The molecule has 142 valence electrons. The number of aryl methyl sites for hydroxylation is 1. The van der Waals surface area contributed by atoms with Crippen molar-refractivity contribution >= 4 is 5.91 Å². The van der Waals surface area contributed by atoms with E-state index in [1.807, 2.05) is 48.5 Å². The number of hydrogen-bond donors (Lipinski definition) is 2. The zero-order chi connectivity index (χ0) is 19.1. The molecule has 1 amide bonds. The van der Waals surface area contributed by atoms with E-state index in [-0.39, 0.29) is 12.5 Å². The van der Waals surface area contributed by atoms with Gasteiger partial charge in [0, 0.05) is 23.1 Å². The number of aliphatic hydroxyl groups is 1. The molecule has 5 rings (SSSR count). The average Bonchev–Trinajstić information content (AvgIpc) is 3.21. The first-order chi connectivity index (χ1) is 13.7. The van der Waals surface area contributed by atoms with Crippen LogP contribution in [-0.2, 0) is 16.8 Å².